The molecular weight excluding hydrogens is 545 g/mol. The van der Waals surface area contributed by atoms with Crippen molar-refractivity contribution in [3.05, 3.63) is 105 Å². The number of nitrogens with one attached hydrogen (secondary N) is 1. The van der Waals surface area contributed by atoms with E-state index < -0.39 is 17.9 Å². The molecule has 4 rings (SSSR count). The standard InChI is InChI=1S/C27H23Cl2N5O3S/c1-37-26(36)23(33-25(35)24-21(28)6-3-7-22(24)29)8-2-5-18-9-11-20(12-10-18)34(15-19-16-38-17-32-19)27-30-13-4-14-31-27/h2-7,9-14,16-17,23H,8,15H2,1H3,(H,33,35)/b5-2+. The Bertz CT molecular complexity index is 1380. The van der Waals surface area contributed by atoms with Crippen LogP contribution in [0.25, 0.3) is 6.08 Å². The molecule has 0 saturated heterocycles. The summed E-state index contributed by atoms with van der Waals surface area (Å²) in [4.78, 5) is 40.2. The monoisotopic (exact) mass is 567 g/mol. The quantitative estimate of drug-likeness (QED) is 0.236. The molecule has 1 unspecified atom stereocenters. The van der Waals surface area contributed by atoms with Gasteiger partial charge in [0.2, 0.25) is 5.95 Å². The van der Waals surface area contributed by atoms with Crippen LogP contribution < -0.4 is 10.2 Å². The van der Waals surface area contributed by atoms with E-state index in [1.165, 1.54) is 18.4 Å². The lowest BCUT2D eigenvalue weighted by Crippen LogP contribution is -2.41. The van der Waals surface area contributed by atoms with Gasteiger partial charge in [0.25, 0.3) is 5.91 Å². The molecule has 0 bridgehead atoms. The van der Waals surface area contributed by atoms with E-state index in [1.807, 2.05) is 40.6 Å². The second-order valence-electron chi connectivity index (χ2n) is 7.99. The first-order valence-corrected chi connectivity index (χ1v) is 13.2. The van der Waals surface area contributed by atoms with Gasteiger partial charge in [0.05, 0.1) is 40.5 Å². The molecule has 0 aliphatic carbocycles. The van der Waals surface area contributed by atoms with Gasteiger partial charge in [-0.3, -0.25) is 4.79 Å². The van der Waals surface area contributed by atoms with E-state index in [2.05, 4.69) is 20.3 Å². The molecule has 1 N–H and O–H groups in total. The van der Waals surface area contributed by atoms with Gasteiger partial charge < -0.3 is 15.0 Å². The number of rotatable bonds is 10. The lowest BCUT2D eigenvalue weighted by molar-refractivity contribution is -0.142. The molecule has 0 aliphatic heterocycles. The number of aromatic nitrogens is 3. The number of esters is 1. The van der Waals surface area contributed by atoms with E-state index >= 15 is 0 Å². The number of ether oxygens (including phenoxy) is 1. The van der Waals surface area contributed by atoms with E-state index in [4.69, 9.17) is 27.9 Å². The molecule has 2 aromatic carbocycles. The number of amides is 1. The molecule has 2 aromatic heterocycles. The third kappa shape index (κ3) is 6.95. The molecule has 11 heteroatoms. The molecule has 1 amide bonds. The van der Waals surface area contributed by atoms with Crippen molar-refractivity contribution in [3.8, 4) is 0 Å². The lowest BCUT2D eigenvalue weighted by atomic mass is 10.1. The molecule has 0 saturated carbocycles. The maximum Gasteiger partial charge on any atom is 0.328 e. The maximum atomic E-state index is 12.8. The summed E-state index contributed by atoms with van der Waals surface area (Å²) in [6.45, 7) is 0.526. The van der Waals surface area contributed by atoms with Crippen LogP contribution in [-0.2, 0) is 16.1 Å². The number of hydrogen-bond donors (Lipinski definition) is 1. The third-order valence-corrected chi connectivity index (χ3v) is 6.73. The van der Waals surface area contributed by atoms with Gasteiger partial charge in [-0.25, -0.2) is 19.7 Å². The van der Waals surface area contributed by atoms with E-state index in [-0.39, 0.29) is 22.0 Å². The fourth-order valence-electron chi connectivity index (χ4n) is 3.59. The van der Waals surface area contributed by atoms with Crippen LogP contribution in [0.2, 0.25) is 10.0 Å². The minimum absolute atomic E-state index is 0.105. The Labute approximate surface area is 233 Å². The Kier molecular flexibility index (Phi) is 9.42. The number of anilines is 2. The zero-order chi connectivity index (χ0) is 26.9. The van der Waals surface area contributed by atoms with Crippen molar-refractivity contribution in [2.75, 3.05) is 12.0 Å². The van der Waals surface area contributed by atoms with Crippen LogP contribution in [0, 0.1) is 0 Å². The predicted octanol–water partition coefficient (Wildman–Crippen LogP) is 5.95. The van der Waals surface area contributed by atoms with Crippen molar-refractivity contribution in [1.29, 1.82) is 0 Å². The molecule has 8 nitrogen and oxygen atoms in total. The summed E-state index contributed by atoms with van der Waals surface area (Å²) in [6, 6.07) is 13.4. The third-order valence-electron chi connectivity index (χ3n) is 5.46. The normalized spacial score (nSPS) is 11.8. The van der Waals surface area contributed by atoms with Crippen LogP contribution in [0.4, 0.5) is 11.6 Å². The van der Waals surface area contributed by atoms with E-state index in [9.17, 15) is 9.59 Å². The minimum Gasteiger partial charge on any atom is -0.467 e. The zero-order valence-corrected chi connectivity index (χ0v) is 22.6. The Morgan fingerprint density at radius 2 is 1.76 bits per heavy atom. The number of carbonyl (C=O) groups is 2. The number of thiazole rings is 1. The van der Waals surface area contributed by atoms with Crippen LogP contribution in [0.3, 0.4) is 0 Å². The molecule has 4 aromatic rings. The van der Waals surface area contributed by atoms with Gasteiger partial charge >= 0.3 is 5.97 Å². The van der Waals surface area contributed by atoms with E-state index in [1.54, 1.807) is 48.2 Å². The lowest BCUT2D eigenvalue weighted by Gasteiger charge is -2.21. The molecule has 38 heavy (non-hydrogen) atoms. The van der Waals surface area contributed by atoms with Crippen molar-refractivity contribution in [2.45, 2.75) is 19.0 Å². The Morgan fingerprint density at radius 1 is 1.05 bits per heavy atom. The van der Waals surface area contributed by atoms with Crippen LogP contribution >= 0.6 is 34.5 Å². The first kappa shape index (κ1) is 27.3. The molecule has 0 radical (unpaired) electrons. The highest BCUT2D eigenvalue weighted by Gasteiger charge is 2.23. The molecule has 1 atom stereocenters. The van der Waals surface area contributed by atoms with Crippen LogP contribution in [0.1, 0.15) is 28.0 Å². The van der Waals surface area contributed by atoms with Gasteiger partial charge in [0.15, 0.2) is 0 Å². The van der Waals surface area contributed by atoms with Crippen LogP contribution in [0.15, 0.2) is 77.9 Å². The van der Waals surface area contributed by atoms with Crippen molar-refractivity contribution in [1.82, 2.24) is 20.3 Å². The van der Waals surface area contributed by atoms with Gasteiger partial charge in [-0.15, -0.1) is 11.3 Å². The largest absolute Gasteiger partial charge is 0.467 e. The molecule has 0 aliphatic rings. The van der Waals surface area contributed by atoms with Crippen molar-refractivity contribution < 1.29 is 14.3 Å². The molecular formula is C27H23Cl2N5O3S. The van der Waals surface area contributed by atoms with Crippen LogP contribution in [-0.4, -0.2) is 40.0 Å². The highest BCUT2D eigenvalue weighted by molar-refractivity contribution is 7.07. The SMILES string of the molecule is COC(=O)C(C/C=C/c1ccc(N(Cc2cscn2)c2ncccn2)cc1)NC(=O)c1c(Cl)cccc1Cl. The second-order valence-corrected chi connectivity index (χ2v) is 9.52. The van der Waals surface area contributed by atoms with Gasteiger partial charge in [-0.05, 0) is 42.3 Å². The summed E-state index contributed by atoms with van der Waals surface area (Å²) in [5.41, 5.74) is 4.62. The summed E-state index contributed by atoms with van der Waals surface area (Å²) in [6.07, 6.45) is 7.25. The Balaban J connectivity index is 1.46. The number of benzene rings is 2. The topological polar surface area (TPSA) is 97.3 Å². The Morgan fingerprint density at radius 3 is 2.39 bits per heavy atom. The molecule has 0 spiro atoms. The number of methoxy groups -OCH3 is 1. The fourth-order valence-corrected chi connectivity index (χ4v) is 4.71. The van der Waals surface area contributed by atoms with E-state index in [0.717, 1.165) is 16.9 Å². The molecule has 2 heterocycles. The summed E-state index contributed by atoms with van der Waals surface area (Å²) < 4.78 is 4.86. The highest BCUT2D eigenvalue weighted by atomic mass is 35.5. The van der Waals surface area contributed by atoms with Crippen molar-refractivity contribution >= 4 is 64.1 Å². The van der Waals surface area contributed by atoms with Gasteiger partial charge in [-0.2, -0.15) is 0 Å². The summed E-state index contributed by atoms with van der Waals surface area (Å²) >= 11 is 13.8. The van der Waals surface area contributed by atoms with Gasteiger partial charge in [0.1, 0.15) is 6.04 Å². The first-order chi connectivity index (χ1) is 18.5. The van der Waals surface area contributed by atoms with Gasteiger partial charge in [0, 0.05) is 23.5 Å². The predicted molar refractivity (Wildman–Crippen MR) is 150 cm³/mol. The molecule has 194 valence electrons. The number of halogens is 2. The van der Waals surface area contributed by atoms with Crippen LogP contribution in [0.5, 0.6) is 0 Å². The summed E-state index contributed by atoms with van der Waals surface area (Å²) in [5.74, 6) is -0.571. The second kappa shape index (κ2) is 13.1. The zero-order valence-electron chi connectivity index (χ0n) is 20.3. The average molecular weight is 568 g/mol. The number of nitrogens with zero attached hydrogens (tertiary/aromatic N) is 4. The maximum absolute atomic E-state index is 12.8. The highest BCUT2D eigenvalue weighted by Crippen LogP contribution is 2.26. The van der Waals surface area contributed by atoms with Gasteiger partial charge in [-0.1, -0.05) is 53.6 Å². The summed E-state index contributed by atoms with van der Waals surface area (Å²) in [7, 11) is 1.26. The number of hydrogen-bond acceptors (Lipinski definition) is 8. The summed E-state index contributed by atoms with van der Waals surface area (Å²) in [5, 5.41) is 5.03. The molecule has 0 fully saturated rings. The first-order valence-electron chi connectivity index (χ1n) is 11.5. The van der Waals surface area contributed by atoms with Crippen molar-refractivity contribution in [2.24, 2.45) is 0 Å². The number of carbonyl (C=O) groups excluding carboxylic acids is 2. The smallest absolute Gasteiger partial charge is 0.328 e. The average Bonchev–Trinajstić information content (AvgIpc) is 3.45. The Hall–Kier alpha value is -3.79. The fraction of sp³-hybridized carbons (Fsp3) is 0.148. The minimum atomic E-state index is -0.917. The van der Waals surface area contributed by atoms with E-state index in [0.29, 0.717) is 12.5 Å². The van der Waals surface area contributed by atoms with Crippen molar-refractivity contribution in [3.63, 3.8) is 0 Å².